The van der Waals surface area contributed by atoms with Gasteiger partial charge in [-0.2, -0.15) is 5.10 Å². The molecule has 0 bridgehead atoms. The number of benzene rings is 1. The van der Waals surface area contributed by atoms with Gasteiger partial charge in [0, 0.05) is 12.7 Å². The minimum atomic E-state index is 0.839. The van der Waals surface area contributed by atoms with E-state index in [-0.39, 0.29) is 0 Å². The van der Waals surface area contributed by atoms with Crippen LogP contribution in [0.4, 0.5) is 0 Å². The Morgan fingerprint density at radius 1 is 1.27 bits per heavy atom. The van der Waals surface area contributed by atoms with Crippen LogP contribution < -0.4 is 10.6 Å². The minimum absolute atomic E-state index is 0.839. The van der Waals surface area contributed by atoms with E-state index in [4.69, 9.17) is 5.84 Å². The number of hydrogen-bond acceptors (Lipinski definition) is 3. The zero-order valence-corrected chi connectivity index (χ0v) is 9.58. The molecule has 0 radical (unpaired) electrons. The van der Waals surface area contributed by atoms with E-state index in [2.05, 4.69) is 24.2 Å². The fourth-order valence-corrected chi connectivity index (χ4v) is 2.55. The molecule has 0 atom stereocenters. The molecule has 1 aromatic carbocycles. The summed E-state index contributed by atoms with van der Waals surface area (Å²) in [6, 6.07) is 10.3. The molecule has 0 aliphatic carbocycles. The van der Waals surface area contributed by atoms with Gasteiger partial charge in [0.2, 0.25) is 4.80 Å². The molecule has 2 N–H and O–H groups in total. The molecule has 4 heteroatoms. The molecule has 0 amide bonds. The van der Waals surface area contributed by atoms with Crippen molar-refractivity contribution in [1.82, 2.24) is 4.57 Å². The van der Waals surface area contributed by atoms with E-state index in [1.165, 1.54) is 16.1 Å². The van der Waals surface area contributed by atoms with Gasteiger partial charge in [-0.05, 0) is 12.5 Å². The second-order valence-corrected chi connectivity index (χ2v) is 4.33. The van der Waals surface area contributed by atoms with E-state index in [0.29, 0.717) is 0 Å². The Morgan fingerprint density at radius 2 is 1.93 bits per heavy atom. The summed E-state index contributed by atoms with van der Waals surface area (Å²) in [4.78, 5) is 2.06. The predicted molar refractivity (Wildman–Crippen MR) is 63.2 cm³/mol. The first-order valence-corrected chi connectivity index (χ1v) is 5.51. The van der Waals surface area contributed by atoms with E-state index in [1.54, 1.807) is 11.3 Å². The first-order valence-electron chi connectivity index (χ1n) is 4.70. The highest BCUT2D eigenvalue weighted by atomic mass is 32.1. The van der Waals surface area contributed by atoms with E-state index in [9.17, 15) is 0 Å². The lowest BCUT2D eigenvalue weighted by Crippen LogP contribution is -2.13. The smallest absolute Gasteiger partial charge is 0.208 e. The van der Waals surface area contributed by atoms with Gasteiger partial charge in [0.15, 0.2) is 0 Å². The Hall–Kier alpha value is -1.55. The molecule has 78 valence electrons. The molecule has 0 saturated heterocycles. The molecule has 3 nitrogen and oxygen atoms in total. The Bertz CT molecular complexity index is 523. The summed E-state index contributed by atoms with van der Waals surface area (Å²) in [7, 11) is 1.98. The van der Waals surface area contributed by atoms with Gasteiger partial charge in [0.1, 0.15) is 0 Å². The fraction of sp³-hybridized carbons (Fsp3) is 0.182. The summed E-state index contributed by atoms with van der Waals surface area (Å²) in [6.45, 7) is 2.08. The third kappa shape index (κ3) is 1.68. The van der Waals surface area contributed by atoms with Gasteiger partial charge >= 0.3 is 0 Å². The summed E-state index contributed by atoms with van der Waals surface area (Å²) in [6.07, 6.45) is 0. The standard InChI is InChI=1S/C11H13N3S/c1-8-10(9-6-4-3-5-7-9)15-11(13-12)14(8)2/h3-7H,12H2,1-2H3. The molecule has 0 spiro atoms. The van der Waals surface area contributed by atoms with Crippen LogP contribution in [0.5, 0.6) is 0 Å². The Morgan fingerprint density at radius 3 is 2.47 bits per heavy atom. The molecular formula is C11H13N3S. The monoisotopic (exact) mass is 219 g/mol. The average molecular weight is 219 g/mol. The second-order valence-electron chi connectivity index (χ2n) is 3.35. The summed E-state index contributed by atoms with van der Waals surface area (Å²) >= 11 is 1.61. The van der Waals surface area contributed by atoms with E-state index < -0.39 is 0 Å². The largest absolute Gasteiger partial charge is 0.322 e. The van der Waals surface area contributed by atoms with Crippen LogP contribution in [0.1, 0.15) is 5.69 Å². The predicted octanol–water partition coefficient (Wildman–Crippen LogP) is 1.84. The average Bonchev–Trinajstić information content (AvgIpc) is 2.57. The van der Waals surface area contributed by atoms with Crippen LogP contribution in [-0.2, 0) is 7.05 Å². The molecule has 0 unspecified atom stereocenters. The van der Waals surface area contributed by atoms with Crippen molar-refractivity contribution >= 4 is 11.3 Å². The molecule has 0 fully saturated rings. The lowest BCUT2D eigenvalue weighted by atomic mass is 10.2. The molecule has 2 aromatic rings. The highest BCUT2D eigenvalue weighted by Gasteiger charge is 2.07. The van der Waals surface area contributed by atoms with Crippen molar-refractivity contribution in [1.29, 1.82) is 0 Å². The van der Waals surface area contributed by atoms with Gasteiger partial charge < -0.3 is 10.4 Å². The minimum Gasteiger partial charge on any atom is -0.322 e. The van der Waals surface area contributed by atoms with Crippen LogP contribution in [0.25, 0.3) is 10.4 Å². The van der Waals surface area contributed by atoms with Gasteiger partial charge in [-0.3, -0.25) is 0 Å². The second kappa shape index (κ2) is 3.90. The third-order valence-corrected chi connectivity index (χ3v) is 3.76. The molecule has 2 rings (SSSR count). The first-order chi connectivity index (χ1) is 7.24. The molecule has 0 saturated carbocycles. The van der Waals surface area contributed by atoms with Gasteiger partial charge in [0.05, 0.1) is 4.88 Å². The lowest BCUT2D eigenvalue weighted by Gasteiger charge is -1.99. The SMILES string of the molecule is Cc1c(-c2ccccc2)sc(=NN)n1C. The summed E-state index contributed by atoms with van der Waals surface area (Å²) in [5.74, 6) is 5.33. The highest BCUT2D eigenvalue weighted by Crippen LogP contribution is 2.25. The lowest BCUT2D eigenvalue weighted by molar-refractivity contribution is 0.821. The topological polar surface area (TPSA) is 43.3 Å². The maximum Gasteiger partial charge on any atom is 0.208 e. The van der Waals surface area contributed by atoms with Gasteiger partial charge in [0.25, 0.3) is 0 Å². The van der Waals surface area contributed by atoms with Crippen molar-refractivity contribution < 1.29 is 0 Å². The number of aromatic nitrogens is 1. The van der Waals surface area contributed by atoms with Crippen LogP contribution in [-0.4, -0.2) is 4.57 Å². The quantitative estimate of drug-likeness (QED) is 0.577. The highest BCUT2D eigenvalue weighted by molar-refractivity contribution is 7.13. The molecular weight excluding hydrogens is 206 g/mol. The molecule has 0 aliphatic heterocycles. The number of hydrogen-bond donors (Lipinski definition) is 1. The zero-order valence-electron chi connectivity index (χ0n) is 8.77. The summed E-state index contributed by atoms with van der Waals surface area (Å²) in [5, 5.41) is 3.76. The Balaban J connectivity index is 2.65. The molecule has 0 aliphatic rings. The molecule has 1 aromatic heterocycles. The van der Waals surface area contributed by atoms with Gasteiger partial charge in [-0.25, -0.2) is 0 Å². The van der Waals surface area contributed by atoms with Crippen molar-refractivity contribution in [3.05, 3.63) is 40.8 Å². The van der Waals surface area contributed by atoms with Crippen LogP contribution in [0.15, 0.2) is 35.4 Å². The maximum atomic E-state index is 5.33. The number of nitrogens with two attached hydrogens (primary N) is 1. The Kier molecular flexibility index (Phi) is 2.60. The third-order valence-electron chi connectivity index (χ3n) is 2.46. The molecule has 1 heterocycles. The van der Waals surface area contributed by atoms with Crippen molar-refractivity contribution in [2.75, 3.05) is 0 Å². The summed E-state index contributed by atoms with van der Waals surface area (Å²) in [5.41, 5.74) is 2.40. The van der Waals surface area contributed by atoms with Crippen LogP contribution in [0.3, 0.4) is 0 Å². The fourth-order valence-electron chi connectivity index (χ4n) is 1.50. The van der Waals surface area contributed by atoms with Crippen molar-refractivity contribution in [2.45, 2.75) is 6.92 Å². The van der Waals surface area contributed by atoms with E-state index in [0.717, 1.165) is 4.80 Å². The zero-order chi connectivity index (χ0) is 10.8. The van der Waals surface area contributed by atoms with E-state index in [1.807, 2.05) is 29.8 Å². The van der Waals surface area contributed by atoms with E-state index >= 15 is 0 Å². The van der Waals surface area contributed by atoms with Crippen molar-refractivity contribution in [2.24, 2.45) is 18.0 Å². The number of nitrogens with zero attached hydrogens (tertiary/aromatic N) is 2. The maximum absolute atomic E-state index is 5.33. The normalized spacial score (nSPS) is 12.0. The van der Waals surface area contributed by atoms with Crippen molar-refractivity contribution in [3.8, 4) is 10.4 Å². The van der Waals surface area contributed by atoms with Crippen LogP contribution in [0, 0.1) is 6.92 Å². The first kappa shape index (κ1) is 9.98. The van der Waals surface area contributed by atoms with Crippen LogP contribution in [0.2, 0.25) is 0 Å². The van der Waals surface area contributed by atoms with Gasteiger partial charge in [-0.15, -0.1) is 0 Å². The number of rotatable bonds is 1. The summed E-state index contributed by atoms with van der Waals surface area (Å²) < 4.78 is 2.01. The molecule has 15 heavy (non-hydrogen) atoms. The van der Waals surface area contributed by atoms with Crippen molar-refractivity contribution in [3.63, 3.8) is 0 Å². The Labute approximate surface area is 92.5 Å². The number of thiazole rings is 1. The van der Waals surface area contributed by atoms with Crippen LogP contribution >= 0.6 is 11.3 Å². The van der Waals surface area contributed by atoms with Gasteiger partial charge in [-0.1, -0.05) is 41.7 Å².